The molecule has 0 aromatic heterocycles. The first-order valence-corrected chi connectivity index (χ1v) is 5.93. The van der Waals surface area contributed by atoms with Crippen molar-refractivity contribution >= 4 is 9.84 Å². The summed E-state index contributed by atoms with van der Waals surface area (Å²) in [4.78, 5) is -0.912. The summed E-state index contributed by atoms with van der Waals surface area (Å²) in [5, 5.41) is 0. The lowest BCUT2D eigenvalue weighted by molar-refractivity contribution is -0.137. The summed E-state index contributed by atoms with van der Waals surface area (Å²) in [6.45, 7) is 1.23. The number of hydrogen-bond acceptors (Lipinski definition) is 2. The van der Waals surface area contributed by atoms with Crippen molar-refractivity contribution in [1.82, 2.24) is 0 Å². The molecule has 0 aliphatic rings. The van der Waals surface area contributed by atoms with Gasteiger partial charge in [-0.1, -0.05) is 6.92 Å². The average molecular weight is 256 g/mol. The van der Waals surface area contributed by atoms with E-state index in [0.717, 1.165) is 0 Å². The third kappa shape index (κ3) is 2.52. The molecule has 1 rings (SSSR count). The van der Waals surface area contributed by atoms with E-state index in [-0.39, 0.29) is 0 Å². The minimum Gasteiger partial charge on any atom is -0.224 e. The van der Waals surface area contributed by atoms with E-state index in [1.807, 2.05) is 0 Å². The van der Waals surface area contributed by atoms with Crippen molar-refractivity contribution in [3.05, 3.63) is 29.6 Å². The third-order valence-electron chi connectivity index (χ3n) is 1.97. The lowest BCUT2D eigenvalue weighted by Crippen LogP contribution is -2.11. The number of alkyl halides is 3. The molecule has 0 unspecified atom stereocenters. The molecule has 2 nitrogen and oxygen atoms in total. The Morgan fingerprint density at radius 3 is 2.25 bits per heavy atom. The summed E-state index contributed by atoms with van der Waals surface area (Å²) in [5.41, 5.74) is -1.18. The first-order chi connectivity index (χ1) is 7.18. The van der Waals surface area contributed by atoms with Crippen LogP contribution in [-0.2, 0) is 16.0 Å². The van der Waals surface area contributed by atoms with Crippen LogP contribution in [-0.4, -0.2) is 14.2 Å². The van der Waals surface area contributed by atoms with Crippen molar-refractivity contribution in [2.24, 2.45) is 0 Å². The van der Waals surface area contributed by atoms with Gasteiger partial charge in [0.2, 0.25) is 0 Å². The molecule has 1 aromatic carbocycles. The van der Waals surface area contributed by atoms with E-state index in [4.69, 9.17) is 0 Å². The molecule has 7 heteroatoms. The average Bonchev–Trinajstić information content (AvgIpc) is 2.16. The molecule has 16 heavy (non-hydrogen) atoms. The van der Waals surface area contributed by atoms with E-state index < -0.39 is 38.0 Å². The zero-order chi connectivity index (χ0) is 12.6. The van der Waals surface area contributed by atoms with Crippen LogP contribution in [0.3, 0.4) is 0 Å². The van der Waals surface area contributed by atoms with Gasteiger partial charge in [-0.25, -0.2) is 12.8 Å². The van der Waals surface area contributed by atoms with Crippen molar-refractivity contribution in [2.45, 2.75) is 18.0 Å². The van der Waals surface area contributed by atoms with Gasteiger partial charge in [0.15, 0.2) is 9.84 Å². The summed E-state index contributed by atoms with van der Waals surface area (Å²) in [7, 11) is -3.99. The van der Waals surface area contributed by atoms with Gasteiger partial charge in [-0.2, -0.15) is 13.2 Å². The summed E-state index contributed by atoms with van der Waals surface area (Å²) in [6.07, 6.45) is -4.69. The molecule has 0 heterocycles. The van der Waals surface area contributed by atoms with Crippen LogP contribution in [0.1, 0.15) is 12.5 Å². The Labute approximate surface area is 89.8 Å². The zero-order valence-electron chi connectivity index (χ0n) is 8.18. The molecular weight excluding hydrogens is 248 g/mol. The first-order valence-electron chi connectivity index (χ1n) is 4.28. The highest BCUT2D eigenvalue weighted by atomic mass is 32.2. The number of benzene rings is 1. The van der Waals surface area contributed by atoms with E-state index in [0.29, 0.717) is 18.2 Å². The molecule has 1 aromatic rings. The quantitative estimate of drug-likeness (QED) is 0.762. The largest absolute Gasteiger partial charge is 0.416 e. The number of hydrogen-bond donors (Lipinski definition) is 0. The SMILES string of the molecule is CCS(=O)(=O)c1cc(C(F)(F)F)ccc1F. The second-order valence-electron chi connectivity index (χ2n) is 3.05. The van der Waals surface area contributed by atoms with Gasteiger partial charge < -0.3 is 0 Å². The summed E-state index contributed by atoms with van der Waals surface area (Å²) >= 11 is 0. The topological polar surface area (TPSA) is 34.1 Å². The van der Waals surface area contributed by atoms with Gasteiger partial charge >= 0.3 is 6.18 Å². The molecule has 0 atom stereocenters. The Hall–Kier alpha value is -1.11. The molecule has 0 fully saturated rings. The second kappa shape index (κ2) is 4.04. The lowest BCUT2D eigenvalue weighted by atomic mass is 10.2. The predicted octanol–water partition coefficient (Wildman–Crippen LogP) is 2.64. The van der Waals surface area contributed by atoms with Gasteiger partial charge in [0.05, 0.1) is 11.3 Å². The molecule has 0 N–H and O–H groups in total. The number of halogens is 4. The standard InChI is InChI=1S/C9H8F4O2S/c1-2-16(14,15)8-5-6(9(11,12)13)3-4-7(8)10/h3-5H,2H2,1H3. The molecule has 0 aliphatic heterocycles. The van der Waals surface area contributed by atoms with Crippen LogP contribution < -0.4 is 0 Å². The number of rotatable bonds is 2. The van der Waals surface area contributed by atoms with Gasteiger partial charge in [0.1, 0.15) is 10.7 Å². The monoisotopic (exact) mass is 256 g/mol. The van der Waals surface area contributed by atoms with Crippen LogP contribution in [0, 0.1) is 5.82 Å². The summed E-state index contributed by atoms with van der Waals surface area (Å²) in [6, 6.07) is 1.32. The van der Waals surface area contributed by atoms with Gasteiger partial charge in [0, 0.05) is 0 Å². The van der Waals surface area contributed by atoms with Crippen LogP contribution in [0.4, 0.5) is 17.6 Å². The van der Waals surface area contributed by atoms with Crippen molar-refractivity contribution in [3.63, 3.8) is 0 Å². The molecule has 0 saturated carbocycles. The van der Waals surface area contributed by atoms with Crippen molar-refractivity contribution in [2.75, 3.05) is 5.75 Å². The highest BCUT2D eigenvalue weighted by molar-refractivity contribution is 7.91. The van der Waals surface area contributed by atoms with Crippen LogP contribution in [0.25, 0.3) is 0 Å². The van der Waals surface area contributed by atoms with Gasteiger partial charge in [0.25, 0.3) is 0 Å². The van der Waals surface area contributed by atoms with Crippen molar-refractivity contribution in [1.29, 1.82) is 0 Å². The highest BCUT2D eigenvalue weighted by Gasteiger charge is 2.32. The minimum absolute atomic E-state index is 0.314. The molecule has 0 saturated heterocycles. The second-order valence-corrected chi connectivity index (χ2v) is 5.29. The zero-order valence-corrected chi connectivity index (χ0v) is 8.99. The van der Waals surface area contributed by atoms with E-state index in [1.54, 1.807) is 0 Å². The van der Waals surface area contributed by atoms with Crippen LogP contribution in [0.5, 0.6) is 0 Å². The third-order valence-corrected chi connectivity index (χ3v) is 3.72. The molecular formula is C9H8F4O2S. The molecule has 0 spiro atoms. The molecule has 0 radical (unpaired) electrons. The van der Waals surface area contributed by atoms with E-state index in [9.17, 15) is 26.0 Å². The van der Waals surface area contributed by atoms with Crippen LogP contribution in [0.2, 0.25) is 0 Å². The molecule has 0 aliphatic carbocycles. The fraction of sp³-hybridized carbons (Fsp3) is 0.333. The Balaban J connectivity index is 3.42. The predicted molar refractivity (Wildman–Crippen MR) is 49.1 cm³/mol. The van der Waals surface area contributed by atoms with E-state index in [1.165, 1.54) is 6.92 Å². The van der Waals surface area contributed by atoms with Gasteiger partial charge in [-0.05, 0) is 18.2 Å². The summed E-state index contributed by atoms with van der Waals surface area (Å²) < 4.78 is 72.5. The van der Waals surface area contributed by atoms with Gasteiger partial charge in [-0.15, -0.1) is 0 Å². The fourth-order valence-corrected chi connectivity index (χ4v) is 2.06. The Morgan fingerprint density at radius 2 is 1.81 bits per heavy atom. The van der Waals surface area contributed by atoms with E-state index >= 15 is 0 Å². The summed E-state index contributed by atoms with van der Waals surface area (Å²) in [5.74, 6) is -1.62. The normalized spacial score (nSPS) is 12.8. The Bertz CT molecular complexity index is 491. The molecule has 0 bridgehead atoms. The lowest BCUT2D eigenvalue weighted by Gasteiger charge is -2.09. The van der Waals surface area contributed by atoms with Crippen LogP contribution in [0.15, 0.2) is 23.1 Å². The van der Waals surface area contributed by atoms with E-state index in [2.05, 4.69) is 0 Å². The van der Waals surface area contributed by atoms with Crippen molar-refractivity contribution in [3.8, 4) is 0 Å². The van der Waals surface area contributed by atoms with Crippen LogP contribution >= 0.6 is 0 Å². The maximum atomic E-state index is 13.1. The van der Waals surface area contributed by atoms with Crippen molar-refractivity contribution < 1.29 is 26.0 Å². The Morgan fingerprint density at radius 1 is 1.25 bits per heavy atom. The van der Waals surface area contributed by atoms with Gasteiger partial charge in [-0.3, -0.25) is 0 Å². The first kappa shape index (κ1) is 13.0. The number of sulfone groups is 1. The molecule has 0 amide bonds. The minimum atomic E-state index is -4.69. The maximum absolute atomic E-state index is 13.1. The molecule has 90 valence electrons. The fourth-order valence-electron chi connectivity index (χ4n) is 1.07. The highest BCUT2D eigenvalue weighted by Crippen LogP contribution is 2.31. The smallest absolute Gasteiger partial charge is 0.224 e. The Kier molecular flexibility index (Phi) is 3.27. The maximum Gasteiger partial charge on any atom is 0.416 e.